The summed E-state index contributed by atoms with van der Waals surface area (Å²) in [6, 6.07) is 6.41. The van der Waals surface area contributed by atoms with Gasteiger partial charge in [-0.1, -0.05) is 144 Å². The first-order valence-electron chi connectivity index (χ1n) is 26.7. The Hall–Kier alpha value is -6.86. The molecule has 0 saturated carbocycles. The number of carbonyl (C=O) groups is 10. The van der Waals surface area contributed by atoms with E-state index in [1.165, 1.54) is 0 Å². The number of hydrogen-bond acceptors (Lipinski definition) is 12. The third-order valence-corrected chi connectivity index (χ3v) is 12.9. The highest BCUT2D eigenvalue weighted by Gasteiger charge is 2.47. The van der Waals surface area contributed by atoms with Gasteiger partial charge in [-0.2, -0.15) is 0 Å². The summed E-state index contributed by atoms with van der Waals surface area (Å²) in [7, 11) is 0. The average Bonchev–Trinajstić information content (AvgIpc) is 3.33. The van der Waals surface area contributed by atoms with Gasteiger partial charge in [0.1, 0.15) is 48.3 Å². The highest BCUT2D eigenvalue weighted by atomic mass is 16.6. The second-order valence-corrected chi connectivity index (χ2v) is 22.4. The fourth-order valence-corrected chi connectivity index (χ4v) is 8.97. The third-order valence-electron chi connectivity index (χ3n) is 12.9. The number of benzene rings is 2. The van der Waals surface area contributed by atoms with Gasteiger partial charge in [-0.25, -0.2) is 9.59 Å². The minimum atomic E-state index is -2.43. The Morgan fingerprint density at radius 2 is 0.592 bits per heavy atom. The van der Waals surface area contributed by atoms with Gasteiger partial charge in [0.25, 0.3) is 11.8 Å². The molecule has 76 heavy (non-hydrogen) atoms. The first-order valence-corrected chi connectivity index (χ1v) is 26.7. The largest absolute Gasteiger partial charge is 0.446 e. The van der Waals surface area contributed by atoms with Crippen molar-refractivity contribution in [1.82, 2.24) is 42.5 Å². The Kier molecular flexibility index (Phi) is 23.4. The molecule has 0 aliphatic carbocycles. The van der Waals surface area contributed by atoms with E-state index in [0.717, 1.165) is 0 Å². The lowest BCUT2D eigenvalue weighted by atomic mass is 9.97. The fraction of sp³-hybridized carbons (Fsp3) is 0.607. The highest BCUT2D eigenvalue weighted by molar-refractivity contribution is 6.01. The first kappa shape index (κ1) is 61.7. The number of nitrogens with one attached hydrogen (secondary N) is 8. The molecule has 20 nitrogen and oxygen atoms in total. The van der Waals surface area contributed by atoms with Crippen LogP contribution in [0.25, 0.3) is 0 Å². The van der Waals surface area contributed by atoms with E-state index in [0.29, 0.717) is 11.1 Å². The van der Waals surface area contributed by atoms with Gasteiger partial charge in [-0.15, -0.1) is 0 Å². The summed E-state index contributed by atoms with van der Waals surface area (Å²) in [6.45, 7) is 20.8. The summed E-state index contributed by atoms with van der Waals surface area (Å²) in [5.41, 5.74) is 1.30. The molecule has 20 heteroatoms. The molecule has 2 saturated heterocycles. The minimum absolute atomic E-state index is 0.0443. The lowest BCUT2D eigenvalue weighted by Gasteiger charge is -2.34. The van der Waals surface area contributed by atoms with Gasteiger partial charge in [0, 0.05) is 12.8 Å². The molecule has 2 fully saturated rings. The predicted octanol–water partition coefficient (Wildman–Crippen LogP) is 2.70. The number of fused-ring (bicyclic) bond motifs is 1. The second-order valence-electron chi connectivity index (χ2n) is 22.4. The van der Waals surface area contributed by atoms with Crippen LogP contribution < -0.4 is 42.5 Å². The zero-order valence-corrected chi connectivity index (χ0v) is 46.2. The Bertz CT molecular complexity index is 2180. The van der Waals surface area contributed by atoms with E-state index in [4.69, 9.17) is 9.47 Å². The van der Waals surface area contributed by atoms with Crippen molar-refractivity contribution in [3.63, 3.8) is 0 Å². The van der Waals surface area contributed by atoms with Crippen molar-refractivity contribution in [3.8, 4) is 0 Å². The van der Waals surface area contributed by atoms with Crippen molar-refractivity contribution >= 4 is 59.2 Å². The predicted molar refractivity (Wildman–Crippen MR) is 283 cm³/mol. The van der Waals surface area contributed by atoms with Gasteiger partial charge < -0.3 is 52.0 Å². The molecule has 418 valence electrons. The maximum atomic E-state index is 15.1. The van der Waals surface area contributed by atoms with Crippen LogP contribution in [0.2, 0.25) is 0 Å². The summed E-state index contributed by atoms with van der Waals surface area (Å²) >= 11 is 0. The molecule has 2 aromatic rings. The van der Waals surface area contributed by atoms with Crippen LogP contribution in [0, 0.1) is 35.5 Å². The molecule has 0 bridgehead atoms. The number of ether oxygens (including phenoxy) is 2. The Balaban J connectivity index is 2.01. The van der Waals surface area contributed by atoms with Crippen molar-refractivity contribution in [1.29, 1.82) is 0 Å². The smallest absolute Gasteiger partial charge is 0.329 e. The minimum Gasteiger partial charge on any atom is -0.446 e. The maximum absolute atomic E-state index is 15.1. The quantitative estimate of drug-likeness (QED) is 0.127. The summed E-state index contributed by atoms with van der Waals surface area (Å²) in [5, 5.41) is 21.6. The van der Waals surface area contributed by atoms with Gasteiger partial charge in [0.15, 0.2) is 0 Å². The first-order chi connectivity index (χ1) is 35.7. The fourth-order valence-electron chi connectivity index (χ4n) is 8.97. The number of rotatable bonds is 14. The van der Waals surface area contributed by atoms with E-state index < -0.39 is 132 Å². The summed E-state index contributed by atoms with van der Waals surface area (Å²) in [5.74, 6) is -12.3. The van der Waals surface area contributed by atoms with E-state index in [2.05, 4.69) is 42.5 Å². The lowest BCUT2D eigenvalue weighted by molar-refractivity contribution is -0.180. The van der Waals surface area contributed by atoms with Crippen LogP contribution in [0.4, 0.5) is 0 Å². The normalized spacial score (nSPS) is 26.4. The molecule has 2 aliphatic rings. The molecule has 2 aliphatic heterocycles. The van der Waals surface area contributed by atoms with E-state index >= 15 is 9.59 Å². The van der Waals surface area contributed by atoms with E-state index in [-0.39, 0.29) is 62.2 Å². The number of amides is 8. The van der Waals surface area contributed by atoms with Gasteiger partial charge in [-0.3, -0.25) is 38.4 Å². The molecule has 8 amide bonds. The molecular formula is C56H82N8O12. The van der Waals surface area contributed by atoms with Crippen LogP contribution >= 0.6 is 0 Å². The van der Waals surface area contributed by atoms with Crippen molar-refractivity contribution in [2.75, 3.05) is 0 Å². The maximum Gasteiger partial charge on any atom is 0.329 e. The van der Waals surface area contributed by atoms with Crippen molar-refractivity contribution in [3.05, 3.63) is 71.8 Å². The van der Waals surface area contributed by atoms with Crippen molar-refractivity contribution < 1.29 is 57.4 Å². The monoisotopic (exact) mass is 1060 g/mol. The highest BCUT2D eigenvalue weighted by Crippen LogP contribution is 2.20. The van der Waals surface area contributed by atoms with Gasteiger partial charge in [0.05, 0.1) is 0 Å². The van der Waals surface area contributed by atoms with Crippen LogP contribution in [0.15, 0.2) is 60.7 Å². The SMILES string of the molecule is CC(C)CC1NC(=O)[C@H](Cc2ccccc2)NC(=O)[C@H](CC(C)C)NC(=O)[C@H](C(C)C)NC(=O)C2OC(=O)[C@H](CC(C)C)NC(=O)[C@H](Cc3ccccc3)NC(=O)[C@H](CC(C)C)NC(=O)[C@H](C(C)C)NC(=O)C2OC1=O. The van der Waals surface area contributed by atoms with Gasteiger partial charge in [0.2, 0.25) is 47.7 Å². The molecule has 0 aromatic heterocycles. The van der Waals surface area contributed by atoms with Crippen molar-refractivity contribution in [2.45, 2.75) is 182 Å². The molecule has 2 aromatic carbocycles. The molecule has 10 atom stereocenters. The molecule has 3 unspecified atom stereocenters. The summed E-state index contributed by atoms with van der Waals surface area (Å²) < 4.78 is 12.0. The molecule has 8 N–H and O–H groups in total. The summed E-state index contributed by atoms with van der Waals surface area (Å²) in [6.07, 6.45) is -4.94. The standard InChI is InChI=1S/C56H82N8O12/c1-29(2)23-37-47(65)57-39(27-35-19-15-13-16-20-35)49(67)61-41(25-31(5)6)55(73)76-46-45(53(71)63-43(33(9)10)51(69)59-37)75-56(74)42(26-32(7)8)62-50(68)40(28-36-21-17-14-18-22-36)58-48(66)38(24-30(3)4)60-52(70)44(34(11)12)64-54(46)72/h13-22,29-34,37-46H,23-28H2,1-12H3,(H,57,65)(H,58,66)(H,59,69)(H,60,70)(H,61,67)(H,62,68)(H,63,71)(H,64,72)/t37-,38-,39-,40-,41-,42?,43-,44-,45?,46?/m0/s1. The molecule has 4 rings (SSSR count). The second kappa shape index (κ2) is 28.9. The van der Waals surface area contributed by atoms with Crippen LogP contribution in [0.1, 0.15) is 120 Å². The average molecular weight is 1060 g/mol. The zero-order chi connectivity index (χ0) is 56.6. The number of hydrogen-bond donors (Lipinski definition) is 8. The Morgan fingerprint density at radius 1 is 0.329 bits per heavy atom. The van der Waals surface area contributed by atoms with Crippen LogP contribution in [-0.2, 0) is 70.3 Å². The third kappa shape index (κ3) is 18.8. The van der Waals surface area contributed by atoms with Gasteiger partial charge >= 0.3 is 11.9 Å². The molecule has 0 radical (unpaired) electrons. The lowest BCUT2D eigenvalue weighted by Crippen LogP contribution is -2.64. The van der Waals surface area contributed by atoms with Crippen LogP contribution in [0.3, 0.4) is 0 Å². The number of esters is 2. The van der Waals surface area contributed by atoms with Crippen LogP contribution in [-0.4, -0.2) is 120 Å². The molecule has 0 spiro atoms. The zero-order valence-electron chi connectivity index (χ0n) is 46.2. The van der Waals surface area contributed by atoms with E-state index in [1.807, 2.05) is 27.7 Å². The van der Waals surface area contributed by atoms with Crippen LogP contribution in [0.5, 0.6) is 0 Å². The van der Waals surface area contributed by atoms with Gasteiger partial charge in [-0.05, 0) is 72.3 Å². The number of carbonyl (C=O) groups excluding carboxylic acids is 10. The Morgan fingerprint density at radius 3 is 0.882 bits per heavy atom. The topological polar surface area (TPSA) is 285 Å². The molecule has 2 heterocycles. The Labute approximate surface area is 447 Å². The van der Waals surface area contributed by atoms with E-state index in [9.17, 15) is 38.4 Å². The summed E-state index contributed by atoms with van der Waals surface area (Å²) in [4.78, 5) is 146. The molecular weight excluding hydrogens is 977 g/mol. The van der Waals surface area contributed by atoms with E-state index in [1.54, 1.807) is 116 Å². The van der Waals surface area contributed by atoms with Crippen molar-refractivity contribution in [2.24, 2.45) is 35.5 Å².